The summed E-state index contributed by atoms with van der Waals surface area (Å²) in [6, 6.07) is 10.5. The minimum atomic E-state index is 0.423. The number of thiophene rings is 1. The first-order valence-corrected chi connectivity index (χ1v) is 6.86. The van der Waals surface area contributed by atoms with Gasteiger partial charge in [-0.1, -0.05) is 6.07 Å². The van der Waals surface area contributed by atoms with Crippen LogP contribution in [-0.2, 0) is 6.42 Å². The van der Waals surface area contributed by atoms with Crippen LogP contribution in [0, 0.1) is 0 Å². The zero-order valence-electron chi connectivity index (χ0n) is 10.8. The molecule has 1 aromatic heterocycles. The van der Waals surface area contributed by atoms with E-state index in [1.54, 1.807) is 11.3 Å². The maximum atomic E-state index is 5.85. The van der Waals surface area contributed by atoms with Crippen molar-refractivity contribution in [2.45, 2.75) is 19.4 Å². The Hall–Kier alpha value is -1.68. The summed E-state index contributed by atoms with van der Waals surface area (Å²) >= 11 is 1.80. The van der Waals surface area contributed by atoms with E-state index in [4.69, 9.17) is 11.5 Å². The van der Waals surface area contributed by atoms with E-state index >= 15 is 0 Å². The van der Waals surface area contributed by atoms with Crippen LogP contribution in [0.15, 0.2) is 35.7 Å². The Balaban J connectivity index is 2.10. The maximum absolute atomic E-state index is 5.85. The zero-order valence-corrected chi connectivity index (χ0v) is 11.6. The van der Waals surface area contributed by atoms with Gasteiger partial charge >= 0.3 is 0 Å². The number of rotatable bonds is 4. The Morgan fingerprint density at radius 1 is 1.22 bits per heavy atom. The molecule has 4 N–H and O–H groups in total. The minimum Gasteiger partial charge on any atom is -0.397 e. The molecule has 1 aromatic carbocycles. The van der Waals surface area contributed by atoms with Gasteiger partial charge in [-0.15, -0.1) is 11.3 Å². The van der Waals surface area contributed by atoms with Crippen LogP contribution in [-0.4, -0.2) is 13.1 Å². The molecule has 0 saturated heterocycles. The van der Waals surface area contributed by atoms with Crippen LogP contribution in [0.1, 0.15) is 11.8 Å². The van der Waals surface area contributed by atoms with Crippen LogP contribution in [0.4, 0.5) is 17.1 Å². The standard InChI is InChI=1S/C14H19N3S/c1-10(8-12-4-3-7-18-12)17(2)11-5-6-13(15)14(16)9-11/h3-7,9-10H,8,15-16H2,1-2H3. The molecular weight excluding hydrogens is 242 g/mol. The first-order valence-electron chi connectivity index (χ1n) is 5.98. The van der Waals surface area contributed by atoms with Gasteiger partial charge in [-0.3, -0.25) is 0 Å². The van der Waals surface area contributed by atoms with Gasteiger partial charge in [0.2, 0.25) is 0 Å². The van der Waals surface area contributed by atoms with Crippen molar-refractivity contribution in [2.24, 2.45) is 0 Å². The SMILES string of the molecule is CC(Cc1cccs1)N(C)c1ccc(N)c(N)c1. The van der Waals surface area contributed by atoms with Gasteiger partial charge < -0.3 is 16.4 Å². The van der Waals surface area contributed by atoms with Crippen LogP contribution in [0.3, 0.4) is 0 Å². The molecule has 0 radical (unpaired) electrons. The first kappa shape index (κ1) is 12.8. The number of benzene rings is 1. The summed E-state index contributed by atoms with van der Waals surface area (Å²) < 4.78 is 0. The topological polar surface area (TPSA) is 55.3 Å². The smallest absolute Gasteiger partial charge is 0.0568 e. The summed E-state index contributed by atoms with van der Waals surface area (Å²) in [4.78, 5) is 3.63. The van der Waals surface area contributed by atoms with E-state index in [0.29, 0.717) is 17.4 Å². The van der Waals surface area contributed by atoms with Crippen molar-refractivity contribution in [3.05, 3.63) is 40.6 Å². The van der Waals surface area contributed by atoms with Gasteiger partial charge in [-0.05, 0) is 36.6 Å². The number of nitrogens with two attached hydrogens (primary N) is 2. The molecule has 0 aliphatic carbocycles. The van der Waals surface area contributed by atoms with Gasteiger partial charge in [0.05, 0.1) is 11.4 Å². The average Bonchev–Trinajstić information content (AvgIpc) is 2.84. The lowest BCUT2D eigenvalue weighted by atomic mass is 10.1. The Morgan fingerprint density at radius 2 is 2.00 bits per heavy atom. The number of hydrogen-bond donors (Lipinski definition) is 2. The molecule has 0 fully saturated rings. The zero-order chi connectivity index (χ0) is 13.1. The molecular formula is C14H19N3S. The largest absolute Gasteiger partial charge is 0.397 e. The van der Waals surface area contributed by atoms with Crippen LogP contribution >= 0.6 is 11.3 Å². The first-order chi connectivity index (χ1) is 8.58. The highest BCUT2D eigenvalue weighted by atomic mass is 32.1. The van der Waals surface area contributed by atoms with E-state index in [0.717, 1.165) is 12.1 Å². The van der Waals surface area contributed by atoms with Crippen molar-refractivity contribution in [1.82, 2.24) is 0 Å². The predicted octanol–water partition coefficient (Wildman–Crippen LogP) is 2.98. The van der Waals surface area contributed by atoms with Gasteiger partial charge in [0.15, 0.2) is 0 Å². The molecule has 18 heavy (non-hydrogen) atoms. The van der Waals surface area contributed by atoms with E-state index in [9.17, 15) is 0 Å². The molecule has 1 atom stereocenters. The molecule has 0 aliphatic rings. The fourth-order valence-electron chi connectivity index (χ4n) is 1.89. The van der Waals surface area contributed by atoms with Crippen LogP contribution in [0.5, 0.6) is 0 Å². The van der Waals surface area contributed by atoms with Crippen LogP contribution < -0.4 is 16.4 Å². The van der Waals surface area contributed by atoms with Gasteiger partial charge in [0, 0.05) is 30.1 Å². The molecule has 4 heteroatoms. The lowest BCUT2D eigenvalue weighted by Crippen LogP contribution is -2.30. The van der Waals surface area contributed by atoms with Crippen molar-refractivity contribution < 1.29 is 0 Å². The summed E-state index contributed by atoms with van der Waals surface area (Å²) in [5, 5.41) is 2.11. The van der Waals surface area contributed by atoms with E-state index in [-0.39, 0.29) is 0 Å². The molecule has 0 aliphatic heterocycles. The third-order valence-electron chi connectivity index (χ3n) is 3.22. The van der Waals surface area contributed by atoms with Crippen LogP contribution in [0.25, 0.3) is 0 Å². The normalized spacial score (nSPS) is 12.3. The number of nitrogens with zero attached hydrogens (tertiary/aromatic N) is 1. The lowest BCUT2D eigenvalue weighted by Gasteiger charge is -2.27. The number of anilines is 3. The van der Waals surface area contributed by atoms with Crippen molar-refractivity contribution in [2.75, 3.05) is 23.4 Å². The molecule has 0 bridgehead atoms. The Labute approximate surface area is 112 Å². The van der Waals surface area contributed by atoms with E-state index < -0.39 is 0 Å². The summed E-state index contributed by atoms with van der Waals surface area (Å²) in [7, 11) is 2.09. The van der Waals surface area contributed by atoms with E-state index in [1.165, 1.54) is 4.88 Å². The highest BCUT2D eigenvalue weighted by Crippen LogP contribution is 2.24. The quantitative estimate of drug-likeness (QED) is 0.832. The lowest BCUT2D eigenvalue weighted by molar-refractivity contribution is 0.688. The molecule has 2 rings (SSSR count). The summed E-state index contributed by atoms with van der Waals surface area (Å²) in [5.74, 6) is 0. The molecule has 1 heterocycles. The molecule has 0 saturated carbocycles. The second kappa shape index (κ2) is 5.31. The molecule has 0 amide bonds. The summed E-state index contributed by atoms with van der Waals surface area (Å²) in [6.07, 6.45) is 1.04. The number of hydrogen-bond acceptors (Lipinski definition) is 4. The van der Waals surface area contributed by atoms with Crippen molar-refractivity contribution in [3.63, 3.8) is 0 Å². The average molecular weight is 261 g/mol. The van der Waals surface area contributed by atoms with Gasteiger partial charge in [-0.25, -0.2) is 0 Å². The second-order valence-electron chi connectivity index (χ2n) is 4.56. The molecule has 2 aromatic rings. The molecule has 0 spiro atoms. The molecule has 1 unspecified atom stereocenters. The second-order valence-corrected chi connectivity index (χ2v) is 5.59. The Bertz CT molecular complexity index is 508. The fourth-order valence-corrected chi connectivity index (χ4v) is 2.72. The van der Waals surface area contributed by atoms with Crippen molar-refractivity contribution in [3.8, 4) is 0 Å². The number of nitrogen functional groups attached to an aromatic ring is 2. The minimum absolute atomic E-state index is 0.423. The summed E-state index contributed by atoms with van der Waals surface area (Å²) in [6.45, 7) is 2.21. The van der Waals surface area contributed by atoms with Crippen LogP contribution in [0.2, 0.25) is 0 Å². The monoisotopic (exact) mass is 261 g/mol. The molecule has 96 valence electrons. The highest BCUT2D eigenvalue weighted by Gasteiger charge is 2.12. The Kier molecular flexibility index (Phi) is 3.77. The van der Waals surface area contributed by atoms with Gasteiger partial charge in [0.1, 0.15) is 0 Å². The third kappa shape index (κ3) is 2.76. The summed E-state index contributed by atoms with van der Waals surface area (Å²) in [5.41, 5.74) is 14.0. The maximum Gasteiger partial charge on any atom is 0.0568 e. The fraction of sp³-hybridized carbons (Fsp3) is 0.286. The predicted molar refractivity (Wildman–Crippen MR) is 81.2 cm³/mol. The van der Waals surface area contributed by atoms with Crippen molar-refractivity contribution in [1.29, 1.82) is 0 Å². The van der Waals surface area contributed by atoms with E-state index in [2.05, 4.69) is 36.4 Å². The highest BCUT2D eigenvalue weighted by molar-refractivity contribution is 7.09. The number of likely N-dealkylation sites (N-methyl/N-ethyl adjacent to an activating group) is 1. The van der Waals surface area contributed by atoms with E-state index in [1.807, 2.05) is 18.2 Å². The Morgan fingerprint density at radius 3 is 2.61 bits per heavy atom. The third-order valence-corrected chi connectivity index (χ3v) is 4.11. The molecule has 3 nitrogen and oxygen atoms in total. The van der Waals surface area contributed by atoms with Gasteiger partial charge in [-0.2, -0.15) is 0 Å². The van der Waals surface area contributed by atoms with Gasteiger partial charge in [0.25, 0.3) is 0 Å². The van der Waals surface area contributed by atoms with Crippen molar-refractivity contribution >= 4 is 28.4 Å².